The number of ketones is 1. The van der Waals surface area contributed by atoms with Crippen LogP contribution in [0.15, 0.2) is 60.8 Å². The van der Waals surface area contributed by atoms with Gasteiger partial charge in [-0.25, -0.2) is 4.57 Å². The number of ether oxygens (including phenoxy) is 2. The van der Waals surface area contributed by atoms with Crippen LogP contribution in [0, 0.1) is 11.8 Å². The molecule has 11 nitrogen and oxygen atoms in total. The summed E-state index contributed by atoms with van der Waals surface area (Å²) < 4.78 is 26.4. The summed E-state index contributed by atoms with van der Waals surface area (Å²) in [6.45, 7) is 3.32. The molecule has 1 aliphatic rings. The van der Waals surface area contributed by atoms with E-state index in [1.165, 1.54) is 25.7 Å². The van der Waals surface area contributed by atoms with Crippen molar-refractivity contribution in [2.75, 3.05) is 13.2 Å². The zero-order valence-corrected chi connectivity index (χ0v) is 35.8. The molecule has 0 heterocycles. The van der Waals surface area contributed by atoms with E-state index in [1.54, 1.807) is 12.2 Å². The lowest BCUT2D eigenvalue weighted by atomic mass is 9.88. The molecule has 1 aliphatic carbocycles. The van der Waals surface area contributed by atoms with Crippen LogP contribution in [0.3, 0.4) is 0 Å². The Labute approximate surface area is 343 Å². The van der Waals surface area contributed by atoms with Gasteiger partial charge in [-0.2, -0.15) is 0 Å². The van der Waals surface area contributed by atoms with Crippen LogP contribution in [0.2, 0.25) is 0 Å². The first-order chi connectivity index (χ1) is 27.5. The van der Waals surface area contributed by atoms with Crippen LogP contribution in [0.1, 0.15) is 162 Å². The Bertz CT molecular complexity index is 1270. The minimum atomic E-state index is -4.83. The van der Waals surface area contributed by atoms with Gasteiger partial charge in [-0.1, -0.05) is 132 Å². The summed E-state index contributed by atoms with van der Waals surface area (Å²) in [5.41, 5.74) is 0. The molecule has 57 heavy (non-hydrogen) atoms. The smallest absolute Gasteiger partial charge is 0.462 e. The SMILES string of the molecule is CCCCC/C=C\C/C=C\C/C=C\C/C=C\CCCCCC(=O)OC[C@H](COP(=O)(O)O)OC(=O)CCCCCC[C@H]1C(=O)C[C@@H](O)[C@@H]1/C=C/[C@@H](O)CCCCC. The van der Waals surface area contributed by atoms with Crippen molar-refractivity contribution in [2.24, 2.45) is 11.8 Å². The fourth-order valence-electron chi connectivity index (χ4n) is 6.60. The monoisotopic (exact) mass is 823 g/mol. The maximum Gasteiger partial charge on any atom is 0.469 e. The molecule has 0 aromatic rings. The highest BCUT2D eigenvalue weighted by atomic mass is 31.2. The van der Waals surface area contributed by atoms with Crippen LogP contribution < -0.4 is 0 Å². The average molecular weight is 823 g/mol. The Morgan fingerprint density at radius 3 is 1.89 bits per heavy atom. The summed E-state index contributed by atoms with van der Waals surface area (Å²) in [7, 11) is -4.83. The van der Waals surface area contributed by atoms with Crippen molar-refractivity contribution >= 4 is 25.5 Å². The van der Waals surface area contributed by atoms with Crippen molar-refractivity contribution in [3.05, 3.63) is 60.8 Å². The molecule has 326 valence electrons. The zero-order chi connectivity index (χ0) is 42.0. The van der Waals surface area contributed by atoms with Crippen LogP contribution in [-0.4, -0.2) is 69.2 Å². The Kier molecular flexibility index (Phi) is 31.4. The highest BCUT2D eigenvalue weighted by Gasteiger charge is 2.39. The second-order valence-corrected chi connectivity index (χ2v) is 16.3. The van der Waals surface area contributed by atoms with E-state index in [4.69, 9.17) is 19.3 Å². The topological polar surface area (TPSA) is 177 Å². The van der Waals surface area contributed by atoms with Crippen molar-refractivity contribution in [1.82, 2.24) is 0 Å². The van der Waals surface area contributed by atoms with Crippen LogP contribution in [0.25, 0.3) is 0 Å². The molecular formula is C45H75O11P. The first kappa shape index (κ1) is 52.4. The maximum absolute atomic E-state index is 12.5. The van der Waals surface area contributed by atoms with Crippen LogP contribution in [0.5, 0.6) is 0 Å². The number of carbonyl (C=O) groups excluding carboxylic acids is 3. The summed E-state index contributed by atoms with van der Waals surface area (Å²) >= 11 is 0. The van der Waals surface area contributed by atoms with E-state index >= 15 is 0 Å². The third-order valence-electron chi connectivity index (χ3n) is 9.90. The first-order valence-electron chi connectivity index (χ1n) is 21.7. The minimum Gasteiger partial charge on any atom is -0.462 e. The predicted molar refractivity (Wildman–Crippen MR) is 226 cm³/mol. The summed E-state index contributed by atoms with van der Waals surface area (Å²) in [5, 5.41) is 20.7. The lowest BCUT2D eigenvalue weighted by molar-refractivity contribution is -0.161. The van der Waals surface area contributed by atoms with Gasteiger partial charge in [-0.05, 0) is 70.6 Å². The normalized spacial score (nSPS) is 18.9. The number of phosphoric ester groups is 1. The van der Waals surface area contributed by atoms with Gasteiger partial charge in [-0.3, -0.25) is 18.9 Å². The van der Waals surface area contributed by atoms with E-state index in [-0.39, 0.29) is 43.5 Å². The van der Waals surface area contributed by atoms with Crippen molar-refractivity contribution in [3.8, 4) is 0 Å². The molecule has 0 aromatic heterocycles. The maximum atomic E-state index is 12.5. The number of unbranched alkanes of at least 4 members (excludes halogenated alkanes) is 11. The second kappa shape index (κ2) is 34.2. The van der Waals surface area contributed by atoms with E-state index in [2.05, 4.69) is 67.0 Å². The molecule has 0 aliphatic heterocycles. The van der Waals surface area contributed by atoms with Crippen molar-refractivity contribution in [3.63, 3.8) is 0 Å². The van der Waals surface area contributed by atoms with Gasteiger partial charge in [0.25, 0.3) is 0 Å². The molecular weight excluding hydrogens is 747 g/mol. The number of aliphatic hydroxyl groups excluding tert-OH is 2. The molecule has 0 amide bonds. The molecule has 0 spiro atoms. The molecule has 0 unspecified atom stereocenters. The molecule has 1 rings (SSSR count). The standard InChI is InChI=1S/C45H75O11P/c1-3-5-7-8-9-10-11-12-13-14-15-16-17-18-19-20-21-22-27-31-44(49)54-36-39(37-55-57(51,52)53)56-45(50)32-28-24-23-26-30-40-41(43(48)35-42(40)47)34-33-38(46)29-25-6-4-2/h9-10,12-13,15-16,18-19,33-34,38-41,43,46,48H,3-8,11,14,17,20-32,35-37H2,1-2H3,(H2,51,52,53)/b10-9-,13-12-,16-15-,19-18-,34-33+/t38-,39+,40+,41+,43+/m0/s1. The fraction of sp³-hybridized carbons (Fsp3) is 0.711. The highest BCUT2D eigenvalue weighted by Crippen LogP contribution is 2.36. The van der Waals surface area contributed by atoms with Crippen molar-refractivity contribution in [1.29, 1.82) is 0 Å². The van der Waals surface area contributed by atoms with Gasteiger partial charge < -0.3 is 29.5 Å². The van der Waals surface area contributed by atoms with Gasteiger partial charge >= 0.3 is 19.8 Å². The first-order valence-corrected chi connectivity index (χ1v) is 23.2. The molecule has 0 saturated heterocycles. The van der Waals surface area contributed by atoms with Gasteiger partial charge in [0.2, 0.25) is 0 Å². The van der Waals surface area contributed by atoms with E-state index in [1.807, 2.05) is 0 Å². The van der Waals surface area contributed by atoms with E-state index in [0.29, 0.717) is 32.1 Å². The van der Waals surface area contributed by atoms with Gasteiger partial charge in [0, 0.05) is 31.1 Å². The predicted octanol–water partition coefficient (Wildman–Crippen LogP) is 9.88. The Morgan fingerprint density at radius 2 is 1.28 bits per heavy atom. The van der Waals surface area contributed by atoms with Gasteiger partial charge in [0.05, 0.1) is 18.8 Å². The third kappa shape index (κ3) is 30.1. The van der Waals surface area contributed by atoms with Crippen LogP contribution in [0.4, 0.5) is 0 Å². The second-order valence-electron chi connectivity index (χ2n) is 15.1. The Hall–Kier alpha value is -2.66. The third-order valence-corrected chi connectivity index (χ3v) is 10.4. The molecule has 4 N–H and O–H groups in total. The number of hydrogen-bond donors (Lipinski definition) is 4. The van der Waals surface area contributed by atoms with Crippen LogP contribution >= 0.6 is 7.82 Å². The van der Waals surface area contributed by atoms with Crippen LogP contribution in [-0.2, 0) is 32.9 Å². The van der Waals surface area contributed by atoms with Gasteiger partial charge in [-0.15, -0.1) is 0 Å². The number of esters is 2. The molecule has 1 saturated carbocycles. The average Bonchev–Trinajstić information content (AvgIpc) is 3.44. The number of rotatable bonds is 35. The Balaban J connectivity index is 2.27. The number of aliphatic hydroxyl groups is 2. The summed E-state index contributed by atoms with van der Waals surface area (Å²) in [4.78, 5) is 55.6. The number of allylic oxidation sites excluding steroid dienone is 8. The van der Waals surface area contributed by atoms with Gasteiger partial charge in [0.15, 0.2) is 6.10 Å². The summed E-state index contributed by atoms with van der Waals surface area (Å²) in [5.74, 6) is -1.66. The molecule has 0 aromatic carbocycles. The minimum absolute atomic E-state index is 0.0312. The summed E-state index contributed by atoms with van der Waals surface area (Å²) in [6, 6.07) is 0. The van der Waals surface area contributed by atoms with E-state index < -0.39 is 44.7 Å². The van der Waals surface area contributed by atoms with E-state index in [0.717, 1.165) is 70.6 Å². The number of phosphoric acid groups is 1. The van der Waals surface area contributed by atoms with Gasteiger partial charge in [0.1, 0.15) is 12.4 Å². The summed E-state index contributed by atoms with van der Waals surface area (Å²) in [6.07, 6.45) is 37.0. The van der Waals surface area contributed by atoms with Crippen molar-refractivity contribution < 1.29 is 52.9 Å². The molecule has 0 radical (unpaired) electrons. The molecule has 0 bridgehead atoms. The molecule has 1 fully saturated rings. The lowest BCUT2D eigenvalue weighted by Gasteiger charge is -2.19. The number of Topliss-reactive ketones (excluding diaryl/α,β-unsaturated/α-hetero) is 1. The molecule has 12 heteroatoms. The fourth-order valence-corrected chi connectivity index (χ4v) is 6.96. The lowest BCUT2D eigenvalue weighted by Crippen LogP contribution is -2.29. The largest absolute Gasteiger partial charge is 0.469 e. The number of hydrogen-bond acceptors (Lipinski definition) is 9. The van der Waals surface area contributed by atoms with E-state index in [9.17, 15) is 29.2 Å². The zero-order valence-electron chi connectivity index (χ0n) is 34.9. The van der Waals surface area contributed by atoms with Crippen molar-refractivity contribution in [2.45, 2.75) is 180 Å². The Morgan fingerprint density at radius 1 is 0.737 bits per heavy atom. The quantitative estimate of drug-likeness (QED) is 0.0207. The highest BCUT2D eigenvalue weighted by molar-refractivity contribution is 7.46. The molecule has 5 atom stereocenters. The number of carbonyl (C=O) groups is 3.